The first kappa shape index (κ1) is 30.9. The number of pyridine rings is 2. The molecule has 1 amide bonds. The summed E-state index contributed by atoms with van der Waals surface area (Å²) in [7, 11) is 3.75. The lowest BCUT2D eigenvalue weighted by atomic mass is 10.0. The van der Waals surface area contributed by atoms with E-state index in [-0.39, 0.29) is 51.5 Å². The number of benzene rings is 1. The molecule has 0 bridgehead atoms. The van der Waals surface area contributed by atoms with Gasteiger partial charge >= 0.3 is 5.69 Å². The second-order valence-electron chi connectivity index (χ2n) is 11.6. The van der Waals surface area contributed by atoms with Gasteiger partial charge in [-0.05, 0) is 50.1 Å². The highest BCUT2D eigenvalue weighted by molar-refractivity contribution is 6.34. The molecule has 1 fully saturated rings. The molecule has 44 heavy (non-hydrogen) atoms. The number of amides is 1. The predicted octanol–water partition coefficient (Wildman–Crippen LogP) is 5.02. The smallest absolute Gasteiger partial charge is 0.355 e. The maximum atomic E-state index is 15.2. The molecule has 3 aromatic heterocycles. The predicted molar refractivity (Wildman–Crippen MR) is 174 cm³/mol. The highest BCUT2D eigenvalue weighted by atomic mass is 35.5. The summed E-state index contributed by atoms with van der Waals surface area (Å²) in [6, 6.07) is 7.44. The topological polar surface area (TPSA) is 113 Å². The van der Waals surface area contributed by atoms with Crippen molar-refractivity contribution in [3.05, 3.63) is 76.2 Å². The van der Waals surface area contributed by atoms with Crippen LogP contribution in [0, 0.1) is 5.82 Å². The molecular weight excluding hydrogens is 583 g/mol. The average Bonchev–Trinajstić information content (AvgIpc) is 2.97. The highest BCUT2D eigenvalue weighted by Crippen LogP contribution is 2.39. The van der Waals surface area contributed by atoms with E-state index in [1.54, 1.807) is 23.2 Å². The van der Waals surface area contributed by atoms with Crippen LogP contribution in [-0.4, -0.2) is 69.6 Å². The van der Waals surface area contributed by atoms with Gasteiger partial charge in [-0.1, -0.05) is 38.1 Å². The maximum absolute atomic E-state index is 15.2. The zero-order valence-electron chi connectivity index (χ0n) is 25.7. The molecule has 0 saturated carbocycles. The number of carbonyl (C=O) groups excluding carboxylic acids is 1. The molecule has 1 aromatic carbocycles. The van der Waals surface area contributed by atoms with Gasteiger partial charge < -0.3 is 20.4 Å². The van der Waals surface area contributed by atoms with Gasteiger partial charge in [0.25, 0.3) is 0 Å². The summed E-state index contributed by atoms with van der Waals surface area (Å²) in [5.41, 5.74) is 8.07. The van der Waals surface area contributed by atoms with Gasteiger partial charge in [0.05, 0.1) is 38.7 Å². The zero-order valence-corrected chi connectivity index (χ0v) is 26.4. The van der Waals surface area contributed by atoms with Crippen molar-refractivity contribution >= 4 is 45.7 Å². The Bertz CT molecular complexity index is 1790. The summed E-state index contributed by atoms with van der Waals surface area (Å²) in [5, 5.41) is 0.630. The third-order valence-electron chi connectivity index (χ3n) is 7.98. The Kier molecular flexibility index (Phi) is 8.35. The van der Waals surface area contributed by atoms with E-state index in [9.17, 15) is 9.59 Å². The number of hydrogen-bond acceptors (Lipinski definition) is 8. The molecule has 1 aliphatic heterocycles. The summed E-state index contributed by atoms with van der Waals surface area (Å²) >= 11 is 6.84. The van der Waals surface area contributed by atoms with Crippen LogP contribution < -0.4 is 21.2 Å². The maximum Gasteiger partial charge on any atom is 0.355 e. The Morgan fingerprint density at radius 1 is 1.18 bits per heavy atom. The quantitative estimate of drug-likeness (QED) is 0.237. The van der Waals surface area contributed by atoms with Gasteiger partial charge in [-0.2, -0.15) is 4.98 Å². The highest BCUT2D eigenvalue weighted by Gasteiger charge is 2.34. The SMILES string of the molecule is C=CC(=O)N1C[C@H](C)N(c2nc(=O)n(-c3c(N(C)C)ccnc3C(C)C)c3nc(-c4c(N)cccc4F)c(Cl)cc23)C[C@H]1C. The minimum Gasteiger partial charge on any atom is -0.398 e. The van der Waals surface area contributed by atoms with Crippen LogP contribution in [0.2, 0.25) is 5.02 Å². The molecule has 4 heterocycles. The van der Waals surface area contributed by atoms with Crippen molar-refractivity contribution < 1.29 is 9.18 Å². The number of nitrogens with zero attached hydrogens (tertiary/aromatic N) is 7. The van der Waals surface area contributed by atoms with E-state index in [2.05, 4.69) is 16.5 Å². The lowest BCUT2D eigenvalue weighted by Gasteiger charge is -2.44. The average molecular weight is 619 g/mol. The van der Waals surface area contributed by atoms with Gasteiger partial charge in [-0.15, -0.1) is 0 Å². The molecule has 4 aromatic rings. The second-order valence-corrected chi connectivity index (χ2v) is 12.0. The third-order valence-corrected chi connectivity index (χ3v) is 8.27. The molecule has 12 heteroatoms. The number of rotatable bonds is 6. The Hall–Kier alpha value is -4.51. The van der Waals surface area contributed by atoms with Gasteiger partial charge in [0, 0.05) is 51.2 Å². The van der Waals surface area contributed by atoms with E-state index in [0.29, 0.717) is 35.7 Å². The van der Waals surface area contributed by atoms with Crippen molar-refractivity contribution in [3.63, 3.8) is 0 Å². The zero-order chi connectivity index (χ0) is 32.0. The van der Waals surface area contributed by atoms with Crippen molar-refractivity contribution in [1.29, 1.82) is 0 Å². The Labute approximate surface area is 260 Å². The number of piperazine rings is 1. The molecule has 5 rings (SSSR count). The summed E-state index contributed by atoms with van der Waals surface area (Å²) < 4.78 is 16.7. The molecule has 10 nitrogen and oxygen atoms in total. The van der Waals surface area contributed by atoms with Gasteiger partial charge in [0.2, 0.25) is 5.91 Å². The number of aromatic nitrogens is 4. The first-order valence-corrected chi connectivity index (χ1v) is 14.8. The number of anilines is 3. The molecule has 2 atom stereocenters. The fourth-order valence-electron chi connectivity index (χ4n) is 5.81. The van der Waals surface area contributed by atoms with Crippen LogP contribution in [0.25, 0.3) is 28.0 Å². The monoisotopic (exact) mass is 618 g/mol. The van der Waals surface area contributed by atoms with E-state index >= 15 is 4.39 Å². The molecule has 0 unspecified atom stereocenters. The van der Waals surface area contributed by atoms with E-state index < -0.39 is 11.5 Å². The number of hydrogen-bond donors (Lipinski definition) is 1. The van der Waals surface area contributed by atoms with Crippen LogP contribution in [0.3, 0.4) is 0 Å². The Balaban J connectivity index is 1.88. The summed E-state index contributed by atoms with van der Waals surface area (Å²) in [4.78, 5) is 46.5. The molecule has 230 valence electrons. The first-order chi connectivity index (χ1) is 20.8. The first-order valence-electron chi connectivity index (χ1n) is 14.4. The van der Waals surface area contributed by atoms with Gasteiger partial charge in [-0.25, -0.2) is 18.7 Å². The van der Waals surface area contributed by atoms with Gasteiger partial charge in [0.15, 0.2) is 5.65 Å². The van der Waals surface area contributed by atoms with E-state index in [1.807, 2.05) is 57.7 Å². The minimum atomic E-state index is -0.592. The number of nitrogens with two attached hydrogens (primary N) is 1. The van der Waals surface area contributed by atoms with E-state index in [4.69, 9.17) is 22.3 Å². The third kappa shape index (κ3) is 5.25. The van der Waals surface area contributed by atoms with Crippen molar-refractivity contribution in [2.24, 2.45) is 0 Å². The Morgan fingerprint density at radius 3 is 2.55 bits per heavy atom. The molecule has 0 spiro atoms. The Morgan fingerprint density at radius 2 is 1.91 bits per heavy atom. The van der Waals surface area contributed by atoms with Crippen molar-refractivity contribution in [1.82, 2.24) is 24.4 Å². The molecule has 0 radical (unpaired) electrons. The number of nitrogen functional groups attached to an aromatic ring is 1. The fourth-order valence-corrected chi connectivity index (χ4v) is 6.06. The molecule has 1 aliphatic rings. The van der Waals surface area contributed by atoms with Gasteiger partial charge in [-0.3, -0.25) is 9.78 Å². The van der Waals surface area contributed by atoms with Crippen LogP contribution in [0.1, 0.15) is 39.3 Å². The summed E-state index contributed by atoms with van der Waals surface area (Å²) in [5.74, 6) is -0.444. The van der Waals surface area contributed by atoms with Crippen LogP contribution in [0.15, 0.2) is 54.0 Å². The van der Waals surface area contributed by atoms with Crippen molar-refractivity contribution in [2.75, 3.05) is 42.7 Å². The molecular formula is C32H36ClFN8O2. The van der Waals surface area contributed by atoms with Gasteiger partial charge in [0.1, 0.15) is 11.6 Å². The van der Waals surface area contributed by atoms with Crippen LogP contribution in [0.4, 0.5) is 21.6 Å². The number of halogens is 2. The largest absolute Gasteiger partial charge is 0.398 e. The minimum absolute atomic E-state index is 0.0402. The normalized spacial score (nSPS) is 16.9. The number of carbonyl (C=O) groups is 1. The summed E-state index contributed by atoms with van der Waals surface area (Å²) in [6.45, 7) is 12.3. The van der Waals surface area contributed by atoms with Crippen molar-refractivity contribution in [3.8, 4) is 16.9 Å². The standard InChI is InChI=1S/C32H36ClFN8O2/c1-8-25(43)40-15-19(5)41(16-18(40)4)30-20-14-21(33)28(26-22(34)10-9-11-23(26)35)37-31(20)42(32(44)38-30)29-24(39(6)7)12-13-36-27(29)17(2)3/h8-14,17-19H,1,15-16,35H2,2-7H3/t18-,19+/m1/s1. The lowest BCUT2D eigenvalue weighted by molar-refractivity contribution is -0.128. The van der Waals surface area contributed by atoms with Crippen LogP contribution >= 0.6 is 11.6 Å². The summed E-state index contributed by atoms with van der Waals surface area (Å²) in [6.07, 6.45) is 3.00. The molecule has 2 N–H and O–H groups in total. The van der Waals surface area contributed by atoms with Crippen LogP contribution in [0.5, 0.6) is 0 Å². The molecule has 1 saturated heterocycles. The number of fused-ring (bicyclic) bond motifs is 1. The lowest BCUT2D eigenvalue weighted by Crippen LogP contribution is -2.58. The fraction of sp³-hybridized carbons (Fsp3) is 0.344. The van der Waals surface area contributed by atoms with E-state index in [0.717, 1.165) is 5.69 Å². The second kappa shape index (κ2) is 11.9. The molecule has 0 aliphatic carbocycles. The van der Waals surface area contributed by atoms with Crippen LogP contribution in [-0.2, 0) is 4.79 Å². The van der Waals surface area contributed by atoms with Crippen molar-refractivity contribution in [2.45, 2.75) is 45.7 Å². The van der Waals surface area contributed by atoms with E-state index in [1.165, 1.54) is 22.8 Å².